The maximum absolute atomic E-state index is 4.91. The molecule has 0 saturated heterocycles. The van der Waals surface area contributed by atoms with Gasteiger partial charge < -0.3 is 0 Å². The fourth-order valence-corrected chi connectivity index (χ4v) is 0.368. The molecule has 0 aliphatic heterocycles. The fraction of sp³-hybridized carbons (Fsp3) is 1.00. The summed E-state index contributed by atoms with van der Waals surface area (Å²) in [6, 6.07) is 0. The Hall–Kier alpha value is -0.0800. The van der Waals surface area contributed by atoms with E-state index in [1.54, 1.807) is 0 Å². The molecule has 62 valence electrons. The minimum absolute atomic E-state index is 0.548. The third-order valence-corrected chi connectivity index (χ3v) is 0.886. The molecular weight excluding hydrogens is 128 g/mol. The Bertz CT molecular complexity index is 59.7. The topological polar surface area (TPSA) is 18.5 Å². The van der Waals surface area contributed by atoms with Crippen LogP contribution in [0, 0.1) is 11.8 Å². The molecule has 0 saturated carbocycles. The summed E-state index contributed by atoms with van der Waals surface area (Å²) < 4.78 is 0. The molecule has 10 heavy (non-hydrogen) atoms. The first-order chi connectivity index (χ1) is 4.63. The Labute approximate surface area is 63.5 Å². The van der Waals surface area contributed by atoms with Gasteiger partial charge in [0.15, 0.2) is 0 Å². The van der Waals surface area contributed by atoms with Crippen molar-refractivity contribution in [1.29, 1.82) is 0 Å². The Morgan fingerprint density at radius 3 is 1.30 bits per heavy atom. The van der Waals surface area contributed by atoms with Crippen LogP contribution in [-0.4, -0.2) is 13.2 Å². The molecule has 0 aliphatic rings. The highest BCUT2D eigenvalue weighted by atomic mass is 17.2. The lowest BCUT2D eigenvalue weighted by molar-refractivity contribution is -0.304. The Morgan fingerprint density at radius 1 is 0.800 bits per heavy atom. The van der Waals surface area contributed by atoms with E-state index in [0.29, 0.717) is 25.0 Å². The van der Waals surface area contributed by atoms with E-state index in [9.17, 15) is 0 Å². The third-order valence-electron chi connectivity index (χ3n) is 0.886. The van der Waals surface area contributed by atoms with Crippen LogP contribution in [0.25, 0.3) is 0 Å². The summed E-state index contributed by atoms with van der Waals surface area (Å²) in [5, 5.41) is 0. The predicted molar refractivity (Wildman–Crippen MR) is 41.6 cm³/mol. The molecule has 2 heteroatoms. The summed E-state index contributed by atoms with van der Waals surface area (Å²) in [5.74, 6) is 1.10. The SMILES string of the molecule is CC(C)COOCC(C)C. The smallest absolute Gasteiger partial charge is 0.0845 e. The van der Waals surface area contributed by atoms with E-state index < -0.39 is 0 Å². The van der Waals surface area contributed by atoms with Crippen molar-refractivity contribution in [2.45, 2.75) is 27.7 Å². The van der Waals surface area contributed by atoms with E-state index in [0.717, 1.165) is 0 Å². The average Bonchev–Trinajstić information content (AvgIpc) is 1.79. The van der Waals surface area contributed by atoms with E-state index in [4.69, 9.17) is 9.78 Å². The van der Waals surface area contributed by atoms with Crippen molar-refractivity contribution in [3.63, 3.8) is 0 Å². The molecule has 2 nitrogen and oxygen atoms in total. The van der Waals surface area contributed by atoms with Crippen LogP contribution in [0.2, 0.25) is 0 Å². The largest absolute Gasteiger partial charge is 0.236 e. The molecule has 0 fully saturated rings. The Kier molecular flexibility index (Phi) is 5.64. The van der Waals surface area contributed by atoms with Gasteiger partial charge >= 0.3 is 0 Å². The summed E-state index contributed by atoms with van der Waals surface area (Å²) in [4.78, 5) is 9.81. The van der Waals surface area contributed by atoms with Gasteiger partial charge in [0, 0.05) is 0 Å². The monoisotopic (exact) mass is 146 g/mol. The number of hydrogen-bond acceptors (Lipinski definition) is 2. The van der Waals surface area contributed by atoms with Crippen molar-refractivity contribution in [1.82, 2.24) is 0 Å². The van der Waals surface area contributed by atoms with Crippen LogP contribution in [0.1, 0.15) is 27.7 Å². The van der Waals surface area contributed by atoms with Crippen molar-refractivity contribution < 1.29 is 9.78 Å². The van der Waals surface area contributed by atoms with E-state index in [1.165, 1.54) is 0 Å². The first kappa shape index (κ1) is 9.92. The molecule has 0 aromatic carbocycles. The zero-order valence-electron chi connectivity index (χ0n) is 7.39. The molecule has 0 rings (SSSR count). The van der Waals surface area contributed by atoms with Crippen LogP contribution in [0.3, 0.4) is 0 Å². The highest BCUT2D eigenvalue weighted by Gasteiger charge is 1.96. The van der Waals surface area contributed by atoms with E-state index in [-0.39, 0.29) is 0 Å². The maximum Gasteiger partial charge on any atom is 0.0845 e. The third kappa shape index (κ3) is 7.92. The second kappa shape index (κ2) is 5.69. The van der Waals surface area contributed by atoms with Crippen LogP contribution in [0.4, 0.5) is 0 Å². The lowest BCUT2D eigenvalue weighted by atomic mass is 10.2. The minimum Gasteiger partial charge on any atom is -0.236 e. The van der Waals surface area contributed by atoms with Gasteiger partial charge in [0.1, 0.15) is 0 Å². The molecule has 0 N–H and O–H groups in total. The van der Waals surface area contributed by atoms with E-state index in [2.05, 4.69) is 27.7 Å². The first-order valence-corrected chi connectivity index (χ1v) is 3.87. The van der Waals surface area contributed by atoms with Gasteiger partial charge in [-0.25, -0.2) is 9.78 Å². The van der Waals surface area contributed by atoms with Gasteiger partial charge in [-0.1, -0.05) is 27.7 Å². The Balaban J connectivity index is 2.91. The van der Waals surface area contributed by atoms with Gasteiger partial charge in [0.05, 0.1) is 13.2 Å². The van der Waals surface area contributed by atoms with Gasteiger partial charge in [0.2, 0.25) is 0 Å². The van der Waals surface area contributed by atoms with E-state index >= 15 is 0 Å². The van der Waals surface area contributed by atoms with Crippen molar-refractivity contribution >= 4 is 0 Å². The van der Waals surface area contributed by atoms with Crippen LogP contribution in [0.15, 0.2) is 0 Å². The molecule has 0 atom stereocenters. The zero-order valence-corrected chi connectivity index (χ0v) is 7.39. The zero-order chi connectivity index (χ0) is 7.98. The normalized spacial score (nSPS) is 11.4. The van der Waals surface area contributed by atoms with Gasteiger partial charge in [-0.05, 0) is 11.8 Å². The maximum atomic E-state index is 4.91. The average molecular weight is 146 g/mol. The quantitative estimate of drug-likeness (QED) is 0.336. The van der Waals surface area contributed by atoms with Crippen LogP contribution in [0.5, 0.6) is 0 Å². The van der Waals surface area contributed by atoms with Crippen molar-refractivity contribution in [3.8, 4) is 0 Å². The summed E-state index contributed by atoms with van der Waals surface area (Å²) >= 11 is 0. The van der Waals surface area contributed by atoms with Crippen molar-refractivity contribution in [2.24, 2.45) is 11.8 Å². The summed E-state index contributed by atoms with van der Waals surface area (Å²) in [5.41, 5.74) is 0. The summed E-state index contributed by atoms with van der Waals surface area (Å²) in [6.07, 6.45) is 0. The molecular formula is C8H18O2. The molecule has 0 aliphatic carbocycles. The molecule has 0 aromatic heterocycles. The van der Waals surface area contributed by atoms with Crippen LogP contribution < -0.4 is 0 Å². The van der Waals surface area contributed by atoms with Crippen molar-refractivity contribution in [3.05, 3.63) is 0 Å². The second-order valence-electron chi connectivity index (χ2n) is 3.36. The molecule has 0 spiro atoms. The lowest BCUT2D eigenvalue weighted by Gasteiger charge is -2.07. The molecule has 0 radical (unpaired) electrons. The molecule has 0 unspecified atom stereocenters. The van der Waals surface area contributed by atoms with Gasteiger partial charge in [-0.3, -0.25) is 0 Å². The Morgan fingerprint density at radius 2 is 1.10 bits per heavy atom. The number of rotatable bonds is 5. The van der Waals surface area contributed by atoms with Crippen LogP contribution in [-0.2, 0) is 9.78 Å². The first-order valence-electron chi connectivity index (χ1n) is 3.87. The molecule has 0 amide bonds. The highest BCUT2D eigenvalue weighted by molar-refractivity contribution is 4.37. The molecule has 0 bridgehead atoms. The second-order valence-corrected chi connectivity index (χ2v) is 3.36. The fourth-order valence-electron chi connectivity index (χ4n) is 0.368. The summed E-state index contributed by atoms with van der Waals surface area (Å²) in [6.45, 7) is 9.76. The lowest BCUT2D eigenvalue weighted by Crippen LogP contribution is -2.07. The molecule has 0 aromatic rings. The number of hydrogen-bond donors (Lipinski definition) is 0. The van der Waals surface area contributed by atoms with Crippen molar-refractivity contribution in [2.75, 3.05) is 13.2 Å². The predicted octanol–water partition coefficient (Wildman–Crippen LogP) is 2.25. The van der Waals surface area contributed by atoms with Gasteiger partial charge in [-0.15, -0.1) is 0 Å². The van der Waals surface area contributed by atoms with Crippen LogP contribution >= 0.6 is 0 Å². The molecule has 0 heterocycles. The van der Waals surface area contributed by atoms with Gasteiger partial charge in [0.25, 0.3) is 0 Å². The summed E-state index contributed by atoms with van der Waals surface area (Å²) in [7, 11) is 0. The standard InChI is InChI=1S/C8H18O2/c1-7(2)5-9-10-6-8(3)4/h7-8H,5-6H2,1-4H3. The minimum atomic E-state index is 0.548. The van der Waals surface area contributed by atoms with Gasteiger partial charge in [-0.2, -0.15) is 0 Å². The highest BCUT2D eigenvalue weighted by Crippen LogP contribution is 1.96. The van der Waals surface area contributed by atoms with E-state index in [1.807, 2.05) is 0 Å².